The van der Waals surface area contributed by atoms with Gasteiger partial charge in [0.1, 0.15) is 50.9 Å². The summed E-state index contributed by atoms with van der Waals surface area (Å²) in [5.41, 5.74) is 5.13. The molecule has 0 bridgehead atoms. The molecule has 0 spiro atoms. The highest BCUT2D eigenvalue weighted by molar-refractivity contribution is 5.38. The van der Waals surface area contributed by atoms with Gasteiger partial charge in [0.05, 0.1) is 26.2 Å². The van der Waals surface area contributed by atoms with E-state index in [2.05, 4.69) is 137 Å². The van der Waals surface area contributed by atoms with Gasteiger partial charge in [0.15, 0.2) is 0 Å². The summed E-state index contributed by atoms with van der Waals surface area (Å²) in [7, 11) is 0. The molecule has 4 aromatic carbocycles. The summed E-state index contributed by atoms with van der Waals surface area (Å²) >= 11 is 0. The lowest BCUT2D eigenvalue weighted by Crippen LogP contribution is -3.00. The molecule has 0 amide bonds. The van der Waals surface area contributed by atoms with Gasteiger partial charge in [0.25, 0.3) is 0 Å². The zero-order valence-electron chi connectivity index (χ0n) is 28.3. The number of quaternary nitrogens is 2. The number of hydrogen-bond acceptors (Lipinski definition) is 2. The van der Waals surface area contributed by atoms with Crippen molar-refractivity contribution in [1.82, 2.24) is 0 Å². The van der Waals surface area contributed by atoms with Crippen LogP contribution in [0.5, 0.6) is 11.5 Å². The maximum atomic E-state index is 6.48. The largest absolute Gasteiger partial charge is 1.00 e. The molecule has 250 valence electrons. The van der Waals surface area contributed by atoms with Crippen molar-refractivity contribution in [3.05, 3.63) is 131 Å². The lowest BCUT2D eigenvalue weighted by atomic mass is 10.0. The third kappa shape index (κ3) is 11.8. The minimum absolute atomic E-state index is 0. The number of para-hydroxylation sites is 2. The molecule has 0 radical (unpaired) electrons. The van der Waals surface area contributed by atoms with Gasteiger partial charge in [-0.3, -0.25) is 0 Å². The van der Waals surface area contributed by atoms with E-state index in [0.29, 0.717) is 0 Å². The van der Waals surface area contributed by atoms with Gasteiger partial charge in [-0.2, -0.15) is 0 Å². The molecule has 0 heterocycles. The van der Waals surface area contributed by atoms with Gasteiger partial charge in [-0.05, 0) is 62.1 Å². The Labute approximate surface area is 313 Å². The lowest BCUT2D eigenvalue weighted by molar-refractivity contribution is -0.978. The molecule has 0 N–H and O–H groups in total. The maximum Gasteiger partial charge on any atom is 0.137 e. The average Bonchev–Trinajstić information content (AvgIpc) is 3.08. The SMILES string of the molecule is CC[N+](CC)(CCOc1ccccc1Cc1ccccc1)CC[N+](CC)(CC)CCOc1ccccc1Cc1ccccc1.[I-].[I-]. The number of nitrogens with zero attached hydrogens (tertiary/aromatic N) is 2. The number of rotatable bonds is 19. The van der Waals surface area contributed by atoms with Gasteiger partial charge >= 0.3 is 0 Å². The first kappa shape index (κ1) is 40.0. The van der Waals surface area contributed by atoms with Crippen molar-refractivity contribution in [2.24, 2.45) is 0 Å². The van der Waals surface area contributed by atoms with E-state index in [0.717, 1.165) is 98.9 Å². The summed E-state index contributed by atoms with van der Waals surface area (Å²) in [4.78, 5) is 0. The molecule has 6 heteroatoms. The zero-order chi connectivity index (χ0) is 31.1. The van der Waals surface area contributed by atoms with Crippen molar-refractivity contribution < 1.29 is 66.4 Å². The van der Waals surface area contributed by atoms with Gasteiger partial charge in [-0.15, -0.1) is 0 Å². The first-order valence-electron chi connectivity index (χ1n) is 16.7. The van der Waals surface area contributed by atoms with E-state index in [1.807, 2.05) is 0 Å². The molecule has 4 aromatic rings. The van der Waals surface area contributed by atoms with E-state index in [4.69, 9.17) is 9.47 Å². The molecule has 4 nitrogen and oxygen atoms in total. The fourth-order valence-electron chi connectivity index (χ4n) is 6.27. The van der Waals surface area contributed by atoms with E-state index < -0.39 is 0 Å². The van der Waals surface area contributed by atoms with Crippen molar-refractivity contribution >= 4 is 0 Å². The third-order valence-electron chi connectivity index (χ3n) is 9.80. The minimum atomic E-state index is 0. The molecule has 0 aliphatic heterocycles. The Morgan fingerprint density at radius 3 is 1.09 bits per heavy atom. The van der Waals surface area contributed by atoms with Gasteiger partial charge in [0.2, 0.25) is 0 Å². The average molecular weight is 849 g/mol. The molecule has 0 saturated heterocycles. The summed E-state index contributed by atoms with van der Waals surface area (Å²) in [5.74, 6) is 2.03. The van der Waals surface area contributed by atoms with Crippen LogP contribution in [0.4, 0.5) is 0 Å². The van der Waals surface area contributed by atoms with Crippen LogP contribution < -0.4 is 57.4 Å². The Hall–Kier alpha value is -2.14. The molecular weight excluding hydrogens is 794 g/mol. The van der Waals surface area contributed by atoms with Crippen molar-refractivity contribution in [2.45, 2.75) is 40.5 Å². The lowest BCUT2D eigenvalue weighted by Gasteiger charge is -2.42. The van der Waals surface area contributed by atoms with E-state index in [1.165, 1.54) is 22.3 Å². The highest BCUT2D eigenvalue weighted by atomic mass is 127. The third-order valence-corrected chi connectivity index (χ3v) is 9.80. The van der Waals surface area contributed by atoms with Gasteiger partial charge in [-0.25, -0.2) is 0 Å². The number of halogens is 2. The van der Waals surface area contributed by atoms with E-state index >= 15 is 0 Å². The van der Waals surface area contributed by atoms with Crippen LogP contribution in [0, 0.1) is 0 Å². The van der Waals surface area contributed by atoms with Crippen LogP contribution in [-0.4, -0.2) is 74.5 Å². The molecule has 0 saturated carbocycles. The van der Waals surface area contributed by atoms with Gasteiger partial charge in [0, 0.05) is 12.8 Å². The second-order valence-corrected chi connectivity index (χ2v) is 12.1. The zero-order valence-corrected chi connectivity index (χ0v) is 32.7. The summed E-state index contributed by atoms with van der Waals surface area (Å²) in [6.07, 6.45) is 1.79. The summed E-state index contributed by atoms with van der Waals surface area (Å²) in [6, 6.07) is 38.4. The van der Waals surface area contributed by atoms with Crippen LogP contribution in [-0.2, 0) is 12.8 Å². The number of likely N-dealkylation sites (N-methyl/N-ethyl adjacent to an activating group) is 2. The van der Waals surface area contributed by atoms with Crippen LogP contribution in [0.2, 0.25) is 0 Å². The standard InChI is InChI=1S/C40H54N2O2.2HI/c1-5-41(6-2,29-31-43-39-25-17-15-23-37(39)33-35-19-11-9-12-20-35)27-28-42(7-3,8-4)30-32-44-40-26-18-16-24-38(40)34-36-21-13-10-14-22-36;;/h9-26H,5-8,27-34H2,1-4H3;2*1H/q+2;;/p-2. The number of ether oxygens (including phenoxy) is 2. The molecule has 0 aromatic heterocycles. The predicted molar refractivity (Wildman–Crippen MR) is 185 cm³/mol. The van der Waals surface area contributed by atoms with Crippen LogP contribution in [0.3, 0.4) is 0 Å². The quantitative estimate of drug-likeness (QED) is 0.107. The van der Waals surface area contributed by atoms with Crippen LogP contribution in [0.1, 0.15) is 49.9 Å². The molecular formula is C40H54I2N2O2. The summed E-state index contributed by atoms with van der Waals surface area (Å²) in [5, 5.41) is 0. The topological polar surface area (TPSA) is 18.5 Å². The Morgan fingerprint density at radius 1 is 0.413 bits per heavy atom. The molecule has 4 rings (SSSR count). The van der Waals surface area contributed by atoms with Crippen LogP contribution in [0.25, 0.3) is 0 Å². The molecule has 0 aliphatic rings. The van der Waals surface area contributed by atoms with Crippen molar-refractivity contribution in [3.8, 4) is 11.5 Å². The van der Waals surface area contributed by atoms with Gasteiger partial charge < -0.3 is 66.4 Å². The first-order chi connectivity index (χ1) is 21.5. The van der Waals surface area contributed by atoms with Crippen molar-refractivity contribution in [1.29, 1.82) is 0 Å². The monoisotopic (exact) mass is 848 g/mol. The number of hydrogen-bond donors (Lipinski definition) is 0. The Balaban J connectivity index is 0.00000368. The molecule has 0 aliphatic carbocycles. The fraction of sp³-hybridized carbons (Fsp3) is 0.400. The summed E-state index contributed by atoms with van der Waals surface area (Å²) in [6.45, 7) is 19.6. The Morgan fingerprint density at radius 2 is 0.739 bits per heavy atom. The molecule has 46 heavy (non-hydrogen) atoms. The molecule has 0 fully saturated rings. The number of benzene rings is 4. The first-order valence-corrected chi connectivity index (χ1v) is 16.7. The highest BCUT2D eigenvalue weighted by Crippen LogP contribution is 2.23. The molecule has 0 unspecified atom stereocenters. The fourth-order valence-corrected chi connectivity index (χ4v) is 6.27. The molecule has 0 atom stereocenters. The van der Waals surface area contributed by atoms with Gasteiger partial charge in [-0.1, -0.05) is 97.1 Å². The van der Waals surface area contributed by atoms with Crippen LogP contribution >= 0.6 is 0 Å². The second kappa shape index (κ2) is 21.0. The maximum absolute atomic E-state index is 6.48. The van der Waals surface area contributed by atoms with E-state index in [9.17, 15) is 0 Å². The normalized spacial score (nSPS) is 11.3. The van der Waals surface area contributed by atoms with E-state index in [1.54, 1.807) is 0 Å². The smallest absolute Gasteiger partial charge is 0.137 e. The van der Waals surface area contributed by atoms with Crippen molar-refractivity contribution in [2.75, 3.05) is 65.6 Å². The van der Waals surface area contributed by atoms with E-state index in [-0.39, 0.29) is 48.0 Å². The summed E-state index contributed by atoms with van der Waals surface area (Å²) < 4.78 is 15.1. The van der Waals surface area contributed by atoms with Crippen LogP contribution in [0.15, 0.2) is 109 Å². The second-order valence-electron chi connectivity index (χ2n) is 12.1. The van der Waals surface area contributed by atoms with Crippen molar-refractivity contribution in [3.63, 3.8) is 0 Å². The predicted octanol–water partition coefficient (Wildman–Crippen LogP) is 2.05. The Kier molecular flexibility index (Phi) is 18.2. The minimum Gasteiger partial charge on any atom is -1.00 e. The Bertz CT molecular complexity index is 1270. The highest BCUT2D eigenvalue weighted by Gasteiger charge is 2.31.